The predicted octanol–water partition coefficient (Wildman–Crippen LogP) is 1.84. The summed E-state index contributed by atoms with van der Waals surface area (Å²) >= 11 is 0. The molecule has 0 radical (unpaired) electrons. The van der Waals surface area contributed by atoms with Gasteiger partial charge in [0.1, 0.15) is 11.4 Å². The van der Waals surface area contributed by atoms with Crippen LogP contribution >= 0.6 is 0 Å². The van der Waals surface area contributed by atoms with Crippen molar-refractivity contribution in [2.45, 2.75) is 0 Å². The minimum atomic E-state index is 0.197. The highest BCUT2D eigenvalue weighted by Crippen LogP contribution is 2.22. The number of rotatable bonds is 2. The van der Waals surface area contributed by atoms with Gasteiger partial charge in [-0.3, -0.25) is 4.68 Å². The first-order valence-electron chi connectivity index (χ1n) is 5.35. The molecule has 0 fully saturated rings. The van der Waals surface area contributed by atoms with Gasteiger partial charge in [-0.15, -0.1) is 0 Å². The topological polar surface area (TPSA) is 77.0 Å². The van der Waals surface area contributed by atoms with Crippen molar-refractivity contribution in [2.75, 3.05) is 0 Å². The lowest BCUT2D eigenvalue weighted by Crippen LogP contribution is -1.88. The van der Waals surface area contributed by atoms with Crippen molar-refractivity contribution in [1.29, 1.82) is 0 Å². The van der Waals surface area contributed by atoms with Crippen molar-refractivity contribution in [3.05, 3.63) is 36.5 Å². The molecule has 0 bridgehead atoms. The van der Waals surface area contributed by atoms with Crippen LogP contribution in [-0.2, 0) is 7.05 Å². The van der Waals surface area contributed by atoms with E-state index in [0.29, 0.717) is 17.4 Å². The van der Waals surface area contributed by atoms with E-state index in [9.17, 15) is 5.11 Å². The molecule has 0 aliphatic heterocycles. The standard InChI is InChI=1S/C12H10N4O2/c1-16-7-6-10(14-16)11-13-12(18-15-11)8-2-4-9(17)5-3-8/h2-7,17H,1H3. The Morgan fingerprint density at radius 1 is 1.17 bits per heavy atom. The van der Waals surface area contributed by atoms with Crippen LogP contribution in [0.2, 0.25) is 0 Å². The molecule has 0 aliphatic rings. The minimum absolute atomic E-state index is 0.197. The Hall–Kier alpha value is -2.63. The van der Waals surface area contributed by atoms with Gasteiger partial charge in [-0.25, -0.2) is 0 Å². The average molecular weight is 242 g/mol. The zero-order chi connectivity index (χ0) is 12.5. The average Bonchev–Trinajstić information content (AvgIpc) is 2.98. The van der Waals surface area contributed by atoms with Crippen molar-refractivity contribution < 1.29 is 9.63 Å². The number of aromatic nitrogens is 4. The third kappa shape index (κ3) is 1.84. The Kier molecular flexibility index (Phi) is 2.33. The molecule has 0 aliphatic carbocycles. The maximum atomic E-state index is 9.21. The second-order valence-corrected chi connectivity index (χ2v) is 3.84. The van der Waals surface area contributed by atoms with Gasteiger partial charge in [0.2, 0.25) is 5.82 Å². The molecule has 1 N–H and O–H groups in total. The number of aromatic hydroxyl groups is 1. The van der Waals surface area contributed by atoms with E-state index in [1.807, 2.05) is 19.3 Å². The van der Waals surface area contributed by atoms with Gasteiger partial charge in [0.25, 0.3) is 5.89 Å². The number of phenolic OH excluding ortho intramolecular Hbond substituents is 1. The fourth-order valence-corrected chi connectivity index (χ4v) is 1.58. The van der Waals surface area contributed by atoms with Gasteiger partial charge in [-0.2, -0.15) is 10.1 Å². The summed E-state index contributed by atoms with van der Waals surface area (Å²) in [6, 6.07) is 8.38. The zero-order valence-electron chi connectivity index (χ0n) is 9.61. The third-order valence-electron chi connectivity index (χ3n) is 2.48. The summed E-state index contributed by atoms with van der Waals surface area (Å²) in [5, 5.41) is 17.3. The molecule has 1 aromatic carbocycles. The molecular weight excluding hydrogens is 232 g/mol. The Bertz CT molecular complexity index is 669. The van der Waals surface area contributed by atoms with Crippen LogP contribution in [0.5, 0.6) is 5.75 Å². The van der Waals surface area contributed by atoms with Crippen molar-refractivity contribution in [1.82, 2.24) is 19.9 Å². The first-order chi connectivity index (χ1) is 8.72. The van der Waals surface area contributed by atoms with E-state index < -0.39 is 0 Å². The van der Waals surface area contributed by atoms with Gasteiger partial charge in [-0.1, -0.05) is 5.16 Å². The summed E-state index contributed by atoms with van der Waals surface area (Å²) in [7, 11) is 1.82. The Morgan fingerprint density at radius 2 is 1.94 bits per heavy atom. The van der Waals surface area contributed by atoms with E-state index in [1.165, 1.54) is 0 Å². The second kappa shape index (κ2) is 3.99. The molecule has 6 heteroatoms. The van der Waals surface area contributed by atoms with Crippen molar-refractivity contribution in [2.24, 2.45) is 7.05 Å². The fraction of sp³-hybridized carbons (Fsp3) is 0.0833. The molecular formula is C12H10N4O2. The lowest BCUT2D eigenvalue weighted by atomic mass is 10.2. The van der Waals surface area contributed by atoms with E-state index in [-0.39, 0.29) is 5.75 Å². The summed E-state index contributed by atoms with van der Waals surface area (Å²) in [5.41, 5.74) is 1.41. The molecule has 0 saturated carbocycles. The maximum Gasteiger partial charge on any atom is 0.258 e. The van der Waals surface area contributed by atoms with Crippen LogP contribution in [0.3, 0.4) is 0 Å². The van der Waals surface area contributed by atoms with Crippen molar-refractivity contribution >= 4 is 0 Å². The molecule has 18 heavy (non-hydrogen) atoms. The SMILES string of the molecule is Cn1ccc(-c2noc(-c3ccc(O)cc3)n2)n1. The summed E-state index contributed by atoms with van der Waals surface area (Å²) in [4.78, 5) is 4.26. The Labute approximate surface area is 102 Å². The molecule has 3 rings (SSSR count). The van der Waals surface area contributed by atoms with Gasteiger partial charge < -0.3 is 9.63 Å². The molecule has 3 aromatic rings. The lowest BCUT2D eigenvalue weighted by Gasteiger charge is -1.93. The number of hydrogen-bond acceptors (Lipinski definition) is 5. The van der Waals surface area contributed by atoms with Crippen LogP contribution in [0.15, 0.2) is 41.1 Å². The second-order valence-electron chi connectivity index (χ2n) is 3.84. The monoisotopic (exact) mass is 242 g/mol. The smallest absolute Gasteiger partial charge is 0.258 e. The maximum absolute atomic E-state index is 9.21. The van der Waals surface area contributed by atoms with Gasteiger partial charge in [-0.05, 0) is 30.3 Å². The predicted molar refractivity (Wildman–Crippen MR) is 63.6 cm³/mol. The summed E-state index contributed by atoms with van der Waals surface area (Å²) in [6.45, 7) is 0. The van der Waals surface area contributed by atoms with E-state index in [1.54, 1.807) is 28.9 Å². The van der Waals surface area contributed by atoms with E-state index in [0.717, 1.165) is 5.56 Å². The van der Waals surface area contributed by atoms with E-state index in [4.69, 9.17) is 4.52 Å². The van der Waals surface area contributed by atoms with Crippen LogP contribution < -0.4 is 0 Å². The highest BCUT2D eigenvalue weighted by atomic mass is 16.5. The van der Waals surface area contributed by atoms with E-state index in [2.05, 4.69) is 15.2 Å². The number of benzene rings is 1. The molecule has 2 heterocycles. The van der Waals surface area contributed by atoms with E-state index >= 15 is 0 Å². The summed E-state index contributed by atoms with van der Waals surface area (Å²) in [6.07, 6.45) is 1.81. The third-order valence-corrected chi connectivity index (χ3v) is 2.48. The zero-order valence-corrected chi connectivity index (χ0v) is 9.61. The van der Waals surface area contributed by atoms with Gasteiger partial charge in [0, 0.05) is 18.8 Å². The first kappa shape index (κ1) is 10.5. The molecule has 0 spiro atoms. The minimum Gasteiger partial charge on any atom is -0.508 e. The van der Waals surface area contributed by atoms with Gasteiger partial charge >= 0.3 is 0 Å². The molecule has 0 unspecified atom stereocenters. The number of phenols is 1. The van der Waals surface area contributed by atoms with Crippen LogP contribution in [0.25, 0.3) is 23.0 Å². The molecule has 0 saturated heterocycles. The quantitative estimate of drug-likeness (QED) is 0.742. The largest absolute Gasteiger partial charge is 0.508 e. The van der Waals surface area contributed by atoms with Crippen molar-refractivity contribution in [3.8, 4) is 28.7 Å². The number of nitrogens with zero attached hydrogens (tertiary/aromatic N) is 4. The summed E-state index contributed by atoms with van der Waals surface area (Å²) in [5.74, 6) is 1.04. The molecule has 0 atom stereocenters. The molecule has 90 valence electrons. The lowest BCUT2D eigenvalue weighted by molar-refractivity contribution is 0.432. The van der Waals surface area contributed by atoms with Crippen LogP contribution in [0.4, 0.5) is 0 Å². The van der Waals surface area contributed by atoms with Crippen LogP contribution in [0.1, 0.15) is 0 Å². The summed E-state index contributed by atoms with van der Waals surface area (Å²) < 4.78 is 6.83. The highest BCUT2D eigenvalue weighted by molar-refractivity contribution is 5.57. The molecule has 0 amide bonds. The number of aryl methyl sites for hydroxylation is 1. The van der Waals surface area contributed by atoms with Gasteiger partial charge in [0.05, 0.1) is 0 Å². The van der Waals surface area contributed by atoms with Gasteiger partial charge in [0.15, 0.2) is 0 Å². The fourth-order valence-electron chi connectivity index (χ4n) is 1.58. The molecule has 2 aromatic heterocycles. The normalized spacial score (nSPS) is 10.7. The van der Waals surface area contributed by atoms with Crippen LogP contribution in [0, 0.1) is 0 Å². The van der Waals surface area contributed by atoms with Crippen molar-refractivity contribution in [3.63, 3.8) is 0 Å². The Balaban J connectivity index is 1.96. The number of hydrogen-bond donors (Lipinski definition) is 1. The Morgan fingerprint density at radius 3 is 2.61 bits per heavy atom. The first-order valence-corrected chi connectivity index (χ1v) is 5.35. The van der Waals surface area contributed by atoms with Crippen LogP contribution in [-0.4, -0.2) is 25.0 Å². The molecule has 6 nitrogen and oxygen atoms in total. The highest BCUT2D eigenvalue weighted by Gasteiger charge is 2.12.